The van der Waals surface area contributed by atoms with Gasteiger partial charge in [0, 0.05) is 24.6 Å². The molecule has 106 valence electrons. The highest BCUT2D eigenvalue weighted by atomic mass is 35.5. The van der Waals surface area contributed by atoms with E-state index in [1.54, 1.807) is 0 Å². The normalized spacial score (nSPS) is 10.8. The van der Waals surface area contributed by atoms with Crippen LogP contribution in [-0.4, -0.2) is 20.4 Å². The maximum absolute atomic E-state index is 11.8. The summed E-state index contributed by atoms with van der Waals surface area (Å²) in [4.78, 5) is 36.0. The number of aromatic nitrogens is 2. The summed E-state index contributed by atoms with van der Waals surface area (Å²) in [6.45, 7) is 0.351. The van der Waals surface area contributed by atoms with Gasteiger partial charge in [0.2, 0.25) is 0 Å². The van der Waals surface area contributed by atoms with Crippen molar-refractivity contribution in [2.75, 3.05) is 5.88 Å². The lowest BCUT2D eigenvalue weighted by atomic mass is 10.2. The van der Waals surface area contributed by atoms with Crippen LogP contribution in [0.3, 0.4) is 0 Å². The van der Waals surface area contributed by atoms with E-state index in [1.165, 1.54) is 22.8 Å². The van der Waals surface area contributed by atoms with Crippen molar-refractivity contribution in [2.45, 2.75) is 19.4 Å². The summed E-state index contributed by atoms with van der Waals surface area (Å²) in [7, 11) is 0. The summed E-state index contributed by atoms with van der Waals surface area (Å²) >= 11 is 5.58. The quantitative estimate of drug-likeness (QED) is 0.298. The second-order valence-corrected chi connectivity index (χ2v) is 4.64. The molecule has 0 fully saturated rings. The van der Waals surface area contributed by atoms with Gasteiger partial charge in [-0.15, -0.1) is 11.6 Å². The van der Waals surface area contributed by atoms with Gasteiger partial charge in [-0.25, -0.2) is 0 Å². The number of unbranched alkanes of at least 4 members (excludes halogenated alkanes) is 1. The maximum Gasteiger partial charge on any atom is 0.316 e. The summed E-state index contributed by atoms with van der Waals surface area (Å²) in [5.41, 5.74) is -0.853. The number of nitro benzene ring substituents is 1. The molecule has 0 saturated heterocycles. The van der Waals surface area contributed by atoms with Crippen LogP contribution < -0.4 is 11.1 Å². The zero-order valence-corrected chi connectivity index (χ0v) is 11.2. The molecule has 1 aromatic heterocycles. The zero-order valence-electron chi connectivity index (χ0n) is 10.5. The molecule has 0 aliphatic heterocycles. The Morgan fingerprint density at radius 1 is 1.30 bits per heavy atom. The van der Waals surface area contributed by atoms with Gasteiger partial charge in [0.05, 0.1) is 16.0 Å². The van der Waals surface area contributed by atoms with Gasteiger partial charge in [-0.3, -0.25) is 19.7 Å². The van der Waals surface area contributed by atoms with E-state index in [0.29, 0.717) is 24.4 Å². The van der Waals surface area contributed by atoms with Gasteiger partial charge >= 0.3 is 11.1 Å². The Labute approximate surface area is 118 Å². The molecule has 0 radical (unpaired) electrons. The van der Waals surface area contributed by atoms with E-state index >= 15 is 0 Å². The number of non-ortho nitro benzene ring substituents is 1. The lowest BCUT2D eigenvalue weighted by Crippen LogP contribution is -2.36. The van der Waals surface area contributed by atoms with Gasteiger partial charge < -0.3 is 9.55 Å². The molecule has 20 heavy (non-hydrogen) atoms. The van der Waals surface area contributed by atoms with Crippen molar-refractivity contribution < 1.29 is 4.92 Å². The number of nitro groups is 1. The van der Waals surface area contributed by atoms with Crippen molar-refractivity contribution in [1.82, 2.24) is 9.55 Å². The number of halogens is 1. The van der Waals surface area contributed by atoms with Crippen LogP contribution in [0.4, 0.5) is 5.69 Å². The van der Waals surface area contributed by atoms with E-state index in [1.807, 2.05) is 0 Å². The first-order valence-corrected chi connectivity index (χ1v) is 6.55. The molecule has 0 amide bonds. The number of H-pyrrole nitrogens is 1. The van der Waals surface area contributed by atoms with Gasteiger partial charge in [0.25, 0.3) is 5.69 Å². The smallest absolute Gasteiger partial charge is 0.316 e. The number of aromatic amines is 1. The highest BCUT2D eigenvalue weighted by molar-refractivity contribution is 6.17. The number of rotatable bonds is 5. The minimum atomic E-state index is -0.788. The van der Waals surface area contributed by atoms with Crippen LogP contribution in [0.2, 0.25) is 0 Å². The maximum atomic E-state index is 11.8. The van der Waals surface area contributed by atoms with Gasteiger partial charge in [0.15, 0.2) is 0 Å². The Hall–Kier alpha value is -2.15. The molecule has 0 aliphatic carbocycles. The molecule has 2 rings (SSSR count). The van der Waals surface area contributed by atoms with Gasteiger partial charge in [-0.1, -0.05) is 0 Å². The molecule has 1 heterocycles. The fourth-order valence-corrected chi connectivity index (χ4v) is 2.16. The lowest BCUT2D eigenvalue weighted by Gasteiger charge is -2.08. The second kappa shape index (κ2) is 5.87. The average molecular weight is 298 g/mol. The summed E-state index contributed by atoms with van der Waals surface area (Å²) < 4.78 is 1.32. The summed E-state index contributed by atoms with van der Waals surface area (Å²) in [5, 5.41) is 10.7. The fourth-order valence-electron chi connectivity index (χ4n) is 1.97. The van der Waals surface area contributed by atoms with Crippen molar-refractivity contribution in [3.8, 4) is 0 Å². The predicted molar refractivity (Wildman–Crippen MR) is 75.4 cm³/mol. The van der Waals surface area contributed by atoms with Crippen LogP contribution in [0, 0.1) is 10.1 Å². The highest BCUT2D eigenvalue weighted by Gasteiger charge is 2.11. The lowest BCUT2D eigenvalue weighted by molar-refractivity contribution is -0.384. The number of benzene rings is 1. The largest absolute Gasteiger partial charge is 0.316 e. The topological polar surface area (TPSA) is 98.0 Å². The molecule has 0 aliphatic rings. The van der Waals surface area contributed by atoms with Crippen LogP contribution in [-0.2, 0) is 6.54 Å². The molecule has 1 N–H and O–H groups in total. The van der Waals surface area contributed by atoms with E-state index in [9.17, 15) is 19.7 Å². The molecule has 7 nitrogen and oxygen atoms in total. The molecule has 8 heteroatoms. The van der Waals surface area contributed by atoms with Crippen LogP contribution in [0.5, 0.6) is 0 Å². The number of hydrogen-bond acceptors (Lipinski definition) is 4. The van der Waals surface area contributed by atoms with E-state index in [4.69, 9.17) is 11.6 Å². The summed E-state index contributed by atoms with van der Waals surface area (Å²) in [6.07, 6.45) is 1.37. The van der Waals surface area contributed by atoms with E-state index in [-0.39, 0.29) is 11.2 Å². The molecule has 0 spiro atoms. The Morgan fingerprint density at radius 3 is 2.70 bits per heavy atom. The van der Waals surface area contributed by atoms with Crippen LogP contribution in [0.15, 0.2) is 27.8 Å². The Bertz CT molecular complexity index is 765. The summed E-state index contributed by atoms with van der Waals surface area (Å²) in [5.74, 6) is 0.474. The number of nitrogens with zero attached hydrogens (tertiary/aromatic N) is 2. The Balaban J connectivity index is 2.59. The zero-order chi connectivity index (χ0) is 14.7. The molecular weight excluding hydrogens is 286 g/mol. The first-order chi connectivity index (χ1) is 9.54. The number of aryl methyl sites for hydroxylation is 1. The van der Waals surface area contributed by atoms with E-state index in [0.717, 1.165) is 6.42 Å². The summed E-state index contributed by atoms with van der Waals surface area (Å²) in [6, 6.07) is 4.01. The van der Waals surface area contributed by atoms with Crippen LogP contribution >= 0.6 is 11.6 Å². The first kappa shape index (κ1) is 14.3. The monoisotopic (exact) mass is 297 g/mol. The minimum absolute atomic E-state index is 0.140. The Kier molecular flexibility index (Phi) is 4.19. The third kappa shape index (κ3) is 2.72. The van der Waals surface area contributed by atoms with Crippen molar-refractivity contribution in [3.63, 3.8) is 0 Å². The van der Waals surface area contributed by atoms with Crippen molar-refractivity contribution in [3.05, 3.63) is 49.0 Å². The van der Waals surface area contributed by atoms with Crippen molar-refractivity contribution in [1.29, 1.82) is 0 Å². The predicted octanol–water partition coefficient (Wildman–Crippen LogP) is 1.62. The molecule has 0 bridgehead atoms. The Morgan fingerprint density at radius 2 is 2.05 bits per heavy atom. The SMILES string of the molecule is O=c1[nH]c2cc([N+](=O)[O-])ccc2n(CCCCCl)c1=O. The van der Waals surface area contributed by atoms with Gasteiger partial charge in [-0.05, 0) is 18.9 Å². The van der Waals surface area contributed by atoms with E-state index in [2.05, 4.69) is 4.98 Å². The van der Waals surface area contributed by atoms with Crippen molar-refractivity contribution in [2.24, 2.45) is 0 Å². The van der Waals surface area contributed by atoms with E-state index < -0.39 is 16.0 Å². The number of nitrogens with one attached hydrogen (secondary N) is 1. The number of hydrogen-bond donors (Lipinski definition) is 1. The van der Waals surface area contributed by atoms with Crippen molar-refractivity contribution >= 4 is 28.3 Å². The number of alkyl halides is 1. The molecule has 2 aromatic rings. The minimum Gasteiger partial charge on any atom is -0.316 e. The standard InChI is InChI=1S/C12H12ClN3O4/c13-5-1-2-6-15-10-4-3-8(16(19)20)7-9(10)14-11(17)12(15)18/h3-4,7H,1-2,5-6H2,(H,14,17). The second-order valence-electron chi connectivity index (χ2n) is 4.27. The third-order valence-electron chi connectivity index (χ3n) is 2.93. The van der Waals surface area contributed by atoms with Crippen LogP contribution in [0.25, 0.3) is 11.0 Å². The molecule has 1 aromatic carbocycles. The molecule has 0 saturated carbocycles. The molecular formula is C12H12ClN3O4. The number of fused-ring (bicyclic) bond motifs is 1. The molecule has 0 atom stereocenters. The van der Waals surface area contributed by atoms with Crippen LogP contribution in [0.1, 0.15) is 12.8 Å². The van der Waals surface area contributed by atoms with Gasteiger partial charge in [0.1, 0.15) is 0 Å². The average Bonchev–Trinajstić information content (AvgIpc) is 2.42. The highest BCUT2D eigenvalue weighted by Crippen LogP contribution is 2.17. The molecule has 0 unspecified atom stereocenters. The van der Waals surface area contributed by atoms with Gasteiger partial charge in [-0.2, -0.15) is 0 Å². The fraction of sp³-hybridized carbons (Fsp3) is 0.333. The first-order valence-electron chi connectivity index (χ1n) is 6.02. The third-order valence-corrected chi connectivity index (χ3v) is 3.20.